The normalized spacial score (nSPS) is 11.9. The monoisotopic (exact) mass is 520 g/mol. The van der Waals surface area contributed by atoms with E-state index in [-0.39, 0.29) is 48.0 Å². The molecule has 3 aromatic rings. The van der Waals surface area contributed by atoms with E-state index in [2.05, 4.69) is 36.5 Å². The van der Waals surface area contributed by atoms with Gasteiger partial charge in [-0.25, -0.2) is 14.4 Å². The summed E-state index contributed by atoms with van der Waals surface area (Å²) >= 11 is 3.20. The Hall–Kier alpha value is -3.38. The zero-order valence-corrected chi connectivity index (χ0v) is 19.7. The second kappa shape index (κ2) is 10.5. The Morgan fingerprint density at radius 1 is 1.30 bits per heavy atom. The number of carbonyl (C=O) groups is 1. The number of nitrogens with one attached hydrogen (secondary N) is 2. The smallest absolute Gasteiger partial charge is 0.311 e. The van der Waals surface area contributed by atoms with E-state index in [0.717, 1.165) is 0 Å². The van der Waals surface area contributed by atoms with Crippen LogP contribution in [0.4, 0.5) is 21.6 Å². The van der Waals surface area contributed by atoms with Gasteiger partial charge in [0.15, 0.2) is 5.75 Å². The molecule has 0 saturated heterocycles. The number of rotatable bonds is 9. The Morgan fingerprint density at radius 3 is 2.73 bits per heavy atom. The fourth-order valence-electron chi connectivity index (χ4n) is 3.01. The maximum absolute atomic E-state index is 14.2. The summed E-state index contributed by atoms with van der Waals surface area (Å²) < 4.78 is 20.5. The number of nitrogens with zero attached hydrogens (tertiary/aromatic N) is 4. The first-order chi connectivity index (χ1) is 15.6. The van der Waals surface area contributed by atoms with Gasteiger partial charge < -0.3 is 20.3 Å². The minimum Gasteiger partial charge on any atom is -0.485 e. The first kappa shape index (κ1) is 24.3. The maximum atomic E-state index is 14.2. The molecule has 1 aromatic heterocycles. The lowest BCUT2D eigenvalue weighted by Gasteiger charge is -2.17. The molecule has 0 bridgehead atoms. The van der Waals surface area contributed by atoms with Crippen molar-refractivity contribution >= 4 is 49.9 Å². The summed E-state index contributed by atoms with van der Waals surface area (Å²) in [5.41, 5.74) is 0.224. The van der Waals surface area contributed by atoms with Gasteiger partial charge in [0.05, 0.1) is 34.1 Å². The van der Waals surface area contributed by atoms with Crippen LogP contribution in [0.5, 0.6) is 5.75 Å². The molecule has 3 rings (SSSR count). The highest BCUT2D eigenvalue weighted by Gasteiger charge is 2.21. The van der Waals surface area contributed by atoms with Crippen LogP contribution < -0.4 is 15.4 Å². The van der Waals surface area contributed by atoms with Gasteiger partial charge in [-0.05, 0) is 39.2 Å². The first-order valence-electron chi connectivity index (χ1n) is 9.86. The number of likely N-dealkylation sites (N-methyl/N-ethyl adjacent to an activating group) is 1. The molecule has 2 aromatic carbocycles. The average Bonchev–Trinajstić information content (AvgIpc) is 2.73. The standard InChI is InChI=1S/C21H22BrFN6O4/c1-12(26-20(30)9-28(2)3)10-33-19-8-17-14(7-18(19)29(31)32)21(25-11-24-17)27-16-5-4-13(22)6-15(16)23/h4-8,11-12H,9-10H2,1-3H3,(H,26,30)(H,24,25,27)/t12-/m0/s1. The van der Waals surface area contributed by atoms with E-state index in [9.17, 15) is 19.3 Å². The van der Waals surface area contributed by atoms with Crippen LogP contribution in [0, 0.1) is 15.9 Å². The molecule has 0 aliphatic heterocycles. The Kier molecular flexibility index (Phi) is 7.71. The van der Waals surface area contributed by atoms with Gasteiger partial charge in [-0.2, -0.15) is 0 Å². The SMILES string of the molecule is C[C@@H](COc1cc2ncnc(Nc3ccc(Br)cc3F)c2cc1[N+](=O)[O-])NC(=O)CN(C)C. The van der Waals surface area contributed by atoms with Crippen molar-refractivity contribution in [2.24, 2.45) is 0 Å². The van der Waals surface area contributed by atoms with Crippen molar-refractivity contribution in [2.45, 2.75) is 13.0 Å². The summed E-state index contributed by atoms with van der Waals surface area (Å²) in [6.45, 7) is 1.97. The van der Waals surface area contributed by atoms with Crippen molar-refractivity contribution in [3.05, 3.63) is 57.1 Å². The second-order valence-electron chi connectivity index (χ2n) is 7.58. The van der Waals surface area contributed by atoms with E-state index in [1.165, 1.54) is 30.6 Å². The van der Waals surface area contributed by atoms with Gasteiger partial charge in [-0.3, -0.25) is 14.9 Å². The molecule has 12 heteroatoms. The number of halogens is 2. The number of benzene rings is 2. The van der Waals surface area contributed by atoms with Gasteiger partial charge in [-0.15, -0.1) is 0 Å². The number of hydrogen-bond acceptors (Lipinski definition) is 8. The summed E-state index contributed by atoms with van der Waals surface area (Å²) in [6.07, 6.45) is 1.27. The number of nitro groups is 1. The van der Waals surface area contributed by atoms with Crippen molar-refractivity contribution in [1.29, 1.82) is 0 Å². The molecule has 1 atom stereocenters. The molecule has 0 saturated carbocycles. The number of nitro benzene ring substituents is 1. The number of carbonyl (C=O) groups excluding carboxylic acids is 1. The molecule has 1 amide bonds. The third kappa shape index (κ3) is 6.33. The Balaban J connectivity index is 1.86. The number of aromatic nitrogens is 2. The van der Waals surface area contributed by atoms with Crippen molar-refractivity contribution in [1.82, 2.24) is 20.2 Å². The van der Waals surface area contributed by atoms with Crippen molar-refractivity contribution < 1.29 is 18.8 Å². The second-order valence-corrected chi connectivity index (χ2v) is 8.50. The molecule has 0 spiro atoms. The van der Waals surface area contributed by atoms with E-state index in [0.29, 0.717) is 15.4 Å². The van der Waals surface area contributed by atoms with Crippen LogP contribution in [0.1, 0.15) is 6.92 Å². The topological polar surface area (TPSA) is 123 Å². The van der Waals surface area contributed by atoms with Crippen molar-refractivity contribution in [2.75, 3.05) is 32.6 Å². The molecule has 0 unspecified atom stereocenters. The van der Waals surface area contributed by atoms with Gasteiger partial charge in [0.25, 0.3) is 0 Å². The van der Waals surface area contributed by atoms with Crippen LogP contribution in [0.15, 0.2) is 41.1 Å². The lowest BCUT2D eigenvalue weighted by atomic mass is 10.2. The predicted molar refractivity (Wildman–Crippen MR) is 125 cm³/mol. The molecular weight excluding hydrogens is 499 g/mol. The zero-order valence-electron chi connectivity index (χ0n) is 18.1. The molecule has 0 aliphatic carbocycles. The number of amides is 1. The Morgan fingerprint density at radius 2 is 2.06 bits per heavy atom. The molecule has 2 N–H and O–H groups in total. The molecule has 174 valence electrons. The fraction of sp³-hybridized carbons (Fsp3) is 0.286. The highest BCUT2D eigenvalue weighted by molar-refractivity contribution is 9.10. The van der Waals surface area contributed by atoms with Gasteiger partial charge in [0.1, 0.15) is 24.6 Å². The summed E-state index contributed by atoms with van der Waals surface area (Å²) in [6, 6.07) is 6.78. The van der Waals surface area contributed by atoms with Crippen LogP contribution in [0.3, 0.4) is 0 Å². The van der Waals surface area contributed by atoms with Gasteiger partial charge in [-0.1, -0.05) is 15.9 Å². The molecule has 0 radical (unpaired) electrons. The van der Waals surface area contributed by atoms with E-state index in [1.807, 2.05) is 0 Å². The molecule has 10 nitrogen and oxygen atoms in total. The number of hydrogen-bond donors (Lipinski definition) is 2. The van der Waals surface area contributed by atoms with Gasteiger partial charge >= 0.3 is 5.69 Å². The first-order valence-corrected chi connectivity index (χ1v) is 10.7. The number of fused-ring (bicyclic) bond motifs is 1. The molecule has 0 aliphatic rings. The average molecular weight is 521 g/mol. The third-order valence-electron chi connectivity index (χ3n) is 4.45. The maximum Gasteiger partial charge on any atom is 0.311 e. The predicted octanol–water partition coefficient (Wildman–Crippen LogP) is 3.63. The van der Waals surface area contributed by atoms with E-state index in [1.54, 1.807) is 32.0 Å². The largest absolute Gasteiger partial charge is 0.485 e. The molecular formula is C21H22BrFN6O4. The quantitative estimate of drug-likeness (QED) is 0.324. The number of ether oxygens (including phenoxy) is 1. The summed E-state index contributed by atoms with van der Waals surface area (Å²) in [5.74, 6) is -0.496. The third-order valence-corrected chi connectivity index (χ3v) is 4.95. The molecule has 0 fully saturated rings. The van der Waals surface area contributed by atoms with Gasteiger partial charge in [0.2, 0.25) is 5.91 Å². The van der Waals surface area contributed by atoms with Gasteiger partial charge in [0, 0.05) is 16.6 Å². The minimum absolute atomic E-state index is 0.000630. The van der Waals surface area contributed by atoms with E-state index < -0.39 is 10.7 Å². The summed E-state index contributed by atoms with van der Waals surface area (Å²) in [5, 5.41) is 17.6. The van der Waals surface area contributed by atoms with E-state index >= 15 is 0 Å². The Bertz CT molecular complexity index is 1190. The van der Waals surface area contributed by atoms with Crippen molar-refractivity contribution in [3.8, 4) is 5.75 Å². The van der Waals surface area contributed by atoms with E-state index in [4.69, 9.17) is 4.74 Å². The van der Waals surface area contributed by atoms with Crippen LogP contribution >= 0.6 is 15.9 Å². The van der Waals surface area contributed by atoms with Crippen LogP contribution in [0.2, 0.25) is 0 Å². The molecule has 33 heavy (non-hydrogen) atoms. The van der Waals surface area contributed by atoms with Crippen LogP contribution in [-0.4, -0.2) is 59.0 Å². The zero-order chi connectivity index (χ0) is 24.1. The minimum atomic E-state index is -0.582. The fourth-order valence-corrected chi connectivity index (χ4v) is 3.35. The molecule has 1 heterocycles. The van der Waals surface area contributed by atoms with Crippen LogP contribution in [0.25, 0.3) is 10.9 Å². The number of anilines is 2. The van der Waals surface area contributed by atoms with Crippen molar-refractivity contribution in [3.63, 3.8) is 0 Å². The lowest BCUT2D eigenvalue weighted by molar-refractivity contribution is -0.385. The highest BCUT2D eigenvalue weighted by Crippen LogP contribution is 2.35. The lowest BCUT2D eigenvalue weighted by Crippen LogP contribution is -2.41. The van der Waals surface area contributed by atoms with Crippen LogP contribution in [-0.2, 0) is 4.79 Å². The summed E-state index contributed by atoms with van der Waals surface area (Å²) in [4.78, 5) is 33.0. The summed E-state index contributed by atoms with van der Waals surface area (Å²) in [7, 11) is 3.55. The Labute approximate surface area is 197 Å². The highest BCUT2D eigenvalue weighted by atomic mass is 79.9.